The van der Waals surface area contributed by atoms with Crippen molar-refractivity contribution in [2.45, 2.75) is 77.4 Å². The van der Waals surface area contributed by atoms with E-state index in [1.165, 1.54) is 0 Å². The van der Waals surface area contributed by atoms with Crippen LogP contribution in [0.1, 0.15) is 70.8 Å². The van der Waals surface area contributed by atoms with Gasteiger partial charge in [0.15, 0.2) is 5.96 Å². The van der Waals surface area contributed by atoms with Gasteiger partial charge in [0.25, 0.3) is 5.91 Å². The average Bonchev–Trinajstić information content (AvgIpc) is 2.99. The van der Waals surface area contributed by atoms with Crippen molar-refractivity contribution in [3.05, 3.63) is 35.9 Å². The molecule has 0 spiro atoms. The van der Waals surface area contributed by atoms with Crippen LogP contribution in [0.3, 0.4) is 0 Å². The van der Waals surface area contributed by atoms with E-state index in [-0.39, 0.29) is 12.5 Å². The van der Waals surface area contributed by atoms with E-state index >= 15 is 0 Å². The van der Waals surface area contributed by atoms with Crippen molar-refractivity contribution in [1.29, 1.82) is 0 Å². The summed E-state index contributed by atoms with van der Waals surface area (Å²) in [5.74, 6) is 0.375. The summed E-state index contributed by atoms with van der Waals surface area (Å²) in [6, 6.07) is 9.55. The number of aliphatic imine (C=N–C) groups is 1. The van der Waals surface area contributed by atoms with Gasteiger partial charge in [-0.15, -0.1) is 0 Å². The standard InChI is InChI=1S/C23H36N4O3/c1-3-5-14-23(15-6-4-2)20(28)27(21(24)26-23)17-11-10-16-25-22(29)30-18-19-12-8-7-9-13-19/h7-9,12-13H,3-6,10-11,14-18H2,1-2H3,(H2,24,26)(H,25,29). The summed E-state index contributed by atoms with van der Waals surface area (Å²) < 4.78 is 5.19. The SMILES string of the molecule is CCCCC1(CCCC)N=C(N)N(CCCCNC(=O)OCc2ccccc2)C1=O. The lowest BCUT2D eigenvalue weighted by atomic mass is 9.87. The molecule has 30 heavy (non-hydrogen) atoms. The number of nitrogens with one attached hydrogen (secondary N) is 1. The van der Waals surface area contributed by atoms with Crippen molar-refractivity contribution < 1.29 is 14.3 Å². The minimum atomic E-state index is -0.671. The van der Waals surface area contributed by atoms with Crippen molar-refractivity contribution in [2.75, 3.05) is 13.1 Å². The molecular formula is C23H36N4O3. The molecule has 1 aliphatic rings. The van der Waals surface area contributed by atoms with Gasteiger partial charge in [0.2, 0.25) is 0 Å². The van der Waals surface area contributed by atoms with Gasteiger partial charge >= 0.3 is 6.09 Å². The number of amides is 2. The molecule has 7 heteroatoms. The third-order valence-corrected chi connectivity index (χ3v) is 5.43. The highest BCUT2D eigenvalue weighted by atomic mass is 16.5. The summed E-state index contributed by atoms with van der Waals surface area (Å²) in [5, 5.41) is 2.75. The average molecular weight is 417 g/mol. The second kappa shape index (κ2) is 12.2. The van der Waals surface area contributed by atoms with Crippen LogP contribution in [0.15, 0.2) is 35.3 Å². The minimum absolute atomic E-state index is 0.0390. The zero-order chi connectivity index (χ0) is 21.8. The Kier molecular flexibility index (Phi) is 9.64. The lowest BCUT2D eigenvalue weighted by Gasteiger charge is -2.26. The van der Waals surface area contributed by atoms with Crippen molar-refractivity contribution >= 4 is 18.0 Å². The van der Waals surface area contributed by atoms with Crippen LogP contribution in [0.2, 0.25) is 0 Å². The first-order valence-electron chi connectivity index (χ1n) is 11.1. The molecule has 0 fully saturated rings. The number of carbonyl (C=O) groups is 2. The second-order valence-electron chi connectivity index (χ2n) is 7.86. The van der Waals surface area contributed by atoms with E-state index in [0.29, 0.717) is 19.0 Å². The van der Waals surface area contributed by atoms with Gasteiger partial charge in [-0.1, -0.05) is 69.9 Å². The summed E-state index contributed by atoms with van der Waals surface area (Å²) in [4.78, 5) is 31.1. The molecule has 7 nitrogen and oxygen atoms in total. The summed E-state index contributed by atoms with van der Waals surface area (Å²) >= 11 is 0. The van der Waals surface area contributed by atoms with E-state index in [2.05, 4.69) is 24.2 Å². The van der Waals surface area contributed by atoms with Gasteiger partial charge in [-0.25, -0.2) is 9.79 Å². The Balaban J connectivity index is 1.71. The van der Waals surface area contributed by atoms with Crippen LogP contribution >= 0.6 is 0 Å². The number of hydrogen-bond acceptors (Lipinski definition) is 5. The molecule has 1 aliphatic heterocycles. The number of hydrogen-bond donors (Lipinski definition) is 2. The van der Waals surface area contributed by atoms with E-state index in [4.69, 9.17) is 10.5 Å². The van der Waals surface area contributed by atoms with Crippen LogP contribution in [0.25, 0.3) is 0 Å². The van der Waals surface area contributed by atoms with E-state index in [0.717, 1.165) is 56.9 Å². The van der Waals surface area contributed by atoms with Crippen molar-refractivity contribution in [3.8, 4) is 0 Å². The van der Waals surface area contributed by atoms with E-state index < -0.39 is 11.6 Å². The van der Waals surface area contributed by atoms with E-state index in [9.17, 15) is 9.59 Å². The molecule has 2 rings (SSSR count). The molecule has 166 valence electrons. The number of alkyl carbamates (subject to hydrolysis) is 1. The Morgan fingerprint density at radius 1 is 1.10 bits per heavy atom. The van der Waals surface area contributed by atoms with Crippen molar-refractivity contribution in [3.63, 3.8) is 0 Å². The molecule has 2 amide bonds. The summed E-state index contributed by atoms with van der Waals surface area (Å²) in [5.41, 5.74) is 6.39. The van der Waals surface area contributed by atoms with Gasteiger partial charge in [0, 0.05) is 13.1 Å². The lowest BCUT2D eigenvalue weighted by Crippen LogP contribution is -2.45. The van der Waals surface area contributed by atoms with Crippen LogP contribution in [0, 0.1) is 0 Å². The number of nitrogens with two attached hydrogens (primary N) is 1. The molecule has 1 heterocycles. The van der Waals surface area contributed by atoms with Crippen molar-refractivity contribution in [1.82, 2.24) is 10.2 Å². The first-order chi connectivity index (χ1) is 14.5. The maximum absolute atomic E-state index is 13.1. The Labute approximate surface area is 180 Å². The first kappa shape index (κ1) is 23.7. The maximum atomic E-state index is 13.1. The second-order valence-corrected chi connectivity index (χ2v) is 7.86. The van der Waals surface area contributed by atoms with Gasteiger partial charge < -0.3 is 15.8 Å². The molecule has 0 bridgehead atoms. The number of carbonyl (C=O) groups excluding carboxylic acids is 2. The summed E-state index contributed by atoms with van der Waals surface area (Å²) in [7, 11) is 0. The molecule has 0 saturated heterocycles. The zero-order valence-electron chi connectivity index (χ0n) is 18.4. The smallest absolute Gasteiger partial charge is 0.407 e. The summed E-state index contributed by atoms with van der Waals surface area (Å²) in [6.45, 7) is 5.50. The largest absolute Gasteiger partial charge is 0.445 e. The third-order valence-electron chi connectivity index (χ3n) is 5.43. The molecule has 1 aromatic carbocycles. The van der Waals surface area contributed by atoms with E-state index in [1.54, 1.807) is 4.90 Å². The third kappa shape index (κ3) is 6.75. The quantitative estimate of drug-likeness (QED) is 0.476. The number of ether oxygens (including phenoxy) is 1. The van der Waals surface area contributed by atoms with Gasteiger partial charge in [-0.3, -0.25) is 9.69 Å². The lowest BCUT2D eigenvalue weighted by molar-refractivity contribution is -0.131. The predicted molar refractivity (Wildman–Crippen MR) is 119 cm³/mol. The maximum Gasteiger partial charge on any atom is 0.407 e. The Hall–Kier alpha value is -2.57. The molecule has 0 aliphatic carbocycles. The number of nitrogens with zero attached hydrogens (tertiary/aromatic N) is 2. The Bertz CT molecular complexity index is 698. The number of guanidine groups is 1. The number of benzene rings is 1. The Morgan fingerprint density at radius 3 is 2.40 bits per heavy atom. The molecular weight excluding hydrogens is 380 g/mol. The molecule has 1 aromatic rings. The highest BCUT2D eigenvalue weighted by Crippen LogP contribution is 2.32. The first-order valence-corrected chi connectivity index (χ1v) is 11.1. The molecule has 0 aromatic heterocycles. The van der Waals surface area contributed by atoms with Crippen LogP contribution in [-0.4, -0.2) is 41.5 Å². The Morgan fingerprint density at radius 2 is 1.77 bits per heavy atom. The normalized spacial score (nSPS) is 15.2. The van der Waals surface area contributed by atoms with Gasteiger partial charge in [0.1, 0.15) is 12.1 Å². The fourth-order valence-corrected chi connectivity index (χ4v) is 3.65. The number of unbranched alkanes of at least 4 members (excludes halogenated alkanes) is 3. The van der Waals surface area contributed by atoms with Crippen LogP contribution < -0.4 is 11.1 Å². The molecule has 0 unspecified atom stereocenters. The predicted octanol–water partition coefficient (Wildman–Crippen LogP) is 3.97. The van der Waals surface area contributed by atoms with Crippen LogP contribution in [0.4, 0.5) is 4.79 Å². The van der Waals surface area contributed by atoms with Gasteiger partial charge in [-0.05, 0) is 31.2 Å². The highest BCUT2D eigenvalue weighted by molar-refractivity contribution is 6.06. The molecule has 3 N–H and O–H groups in total. The fourth-order valence-electron chi connectivity index (χ4n) is 3.65. The summed E-state index contributed by atoms with van der Waals surface area (Å²) in [6.07, 6.45) is 6.54. The van der Waals surface area contributed by atoms with Gasteiger partial charge in [0.05, 0.1) is 0 Å². The molecule has 0 radical (unpaired) electrons. The molecule has 0 atom stereocenters. The highest BCUT2D eigenvalue weighted by Gasteiger charge is 2.46. The topological polar surface area (TPSA) is 97.0 Å². The molecule has 0 saturated carbocycles. The van der Waals surface area contributed by atoms with Crippen LogP contribution in [0.5, 0.6) is 0 Å². The fraction of sp³-hybridized carbons (Fsp3) is 0.609. The van der Waals surface area contributed by atoms with E-state index in [1.807, 2.05) is 30.3 Å². The zero-order valence-corrected chi connectivity index (χ0v) is 18.4. The number of rotatable bonds is 13. The van der Waals surface area contributed by atoms with Gasteiger partial charge in [-0.2, -0.15) is 0 Å². The minimum Gasteiger partial charge on any atom is -0.445 e. The van der Waals surface area contributed by atoms with Crippen LogP contribution in [-0.2, 0) is 16.1 Å². The van der Waals surface area contributed by atoms with Crippen molar-refractivity contribution in [2.24, 2.45) is 10.7 Å². The monoisotopic (exact) mass is 416 g/mol.